The van der Waals surface area contributed by atoms with Crippen molar-refractivity contribution in [2.45, 2.75) is 6.42 Å². The van der Waals surface area contributed by atoms with Crippen LogP contribution in [0.25, 0.3) is 0 Å². The van der Waals surface area contributed by atoms with E-state index in [1.165, 1.54) is 11.3 Å². The Balaban J connectivity index is 1.99. The Morgan fingerprint density at radius 3 is 3.12 bits per heavy atom. The summed E-state index contributed by atoms with van der Waals surface area (Å²) < 4.78 is 0. The number of aromatic nitrogens is 1. The lowest BCUT2D eigenvalue weighted by atomic mass is 10.1. The van der Waals surface area contributed by atoms with Gasteiger partial charge < -0.3 is 10.6 Å². The lowest BCUT2D eigenvalue weighted by molar-refractivity contribution is 0.0985. The Kier molecular flexibility index (Phi) is 2.33. The van der Waals surface area contributed by atoms with E-state index < -0.39 is 0 Å². The summed E-state index contributed by atoms with van der Waals surface area (Å²) in [7, 11) is 0. The second-order valence-corrected chi connectivity index (χ2v) is 4.64. The zero-order valence-electron chi connectivity index (χ0n) is 9.09. The quantitative estimate of drug-likeness (QED) is 0.781. The highest BCUT2D eigenvalue weighted by atomic mass is 32.1. The fraction of sp³-hybridized carbons (Fsp3) is 0.167. The van der Waals surface area contributed by atoms with E-state index in [4.69, 9.17) is 5.73 Å². The van der Waals surface area contributed by atoms with Gasteiger partial charge in [0.1, 0.15) is 5.69 Å². The number of carbonyl (C=O) groups is 1. The van der Waals surface area contributed by atoms with Gasteiger partial charge in [-0.25, -0.2) is 4.98 Å². The zero-order valence-corrected chi connectivity index (χ0v) is 9.91. The number of fused-ring (bicyclic) bond motifs is 1. The lowest BCUT2D eigenvalue weighted by Crippen LogP contribution is -2.29. The summed E-state index contributed by atoms with van der Waals surface area (Å²) in [6.45, 7) is 0.680. The van der Waals surface area contributed by atoms with Gasteiger partial charge in [-0.05, 0) is 18.6 Å². The molecule has 0 saturated heterocycles. The Labute approximate surface area is 103 Å². The fourth-order valence-corrected chi connectivity index (χ4v) is 2.65. The Morgan fingerprint density at radius 2 is 2.35 bits per heavy atom. The Bertz CT molecular complexity index is 565. The number of rotatable bonds is 1. The number of thiazole rings is 1. The summed E-state index contributed by atoms with van der Waals surface area (Å²) in [6, 6.07) is 5.68. The summed E-state index contributed by atoms with van der Waals surface area (Å²) >= 11 is 1.43. The van der Waals surface area contributed by atoms with Gasteiger partial charge in [-0.1, -0.05) is 6.07 Å². The maximum Gasteiger partial charge on any atom is 0.277 e. The van der Waals surface area contributed by atoms with E-state index >= 15 is 0 Å². The van der Waals surface area contributed by atoms with Crippen LogP contribution in [-0.4, -0.2) is 17.4 Å². The van der Waals surface area contributed by atoms with E-state index in [-0.39, 0.29) is 5.91 Å². The molecule has 2 N–H and O–H groups in total. The first-order chi connectivity index (χ1) is 8.27. The van der Waals surface area contributed by atoms with Crippen LogP contribution in [0.1, 0.15) is 16.1 Å². The van der Waals surface area contributed by atoms with Gasteiger partial charge in [-0.15, -0.1) is 11.3 Å². The first kappa shape index (κ1) is 10.3. The first-order valence-electron chi connectivity index (χ1n) is 5.35. The number of hydrogen-bond donors (Lipinski definition) is 1. The average Bonchev–Trinajstić information content (AvgIpc) is 2.98. The molecule has 1 aliphatic rings. The molecule has 17 heavy (non-hydrogen) atoms. The topological polar surface area (TPSA) is 59.2 Å². The van der Waals surface area contributed by atoms with Crippen LogP contribution in [0.3, 0.4) is 0 Å². The summed E-state index contributed by atoms with van der Waals surface area (Å²) in [4.78, 5) is 18.0. The van der Waals surface area contributed by atoms with Gasteiger partial charge in [0.15, 0.2) is 0 Å². The number of hydrogen-bond acceptors (Lipinski definition) is 4. The first-order valence-corrected chi connectivity index (χ1v) is 6.29. The minimum absolute atomic E-state index is 0.0457. The molecule has 1 aromatic heterocycles. The molecule has 2 aromatic rings. The van der Waals surface area contributed by atoms with E-state index in [2.05, 4.69) is 4.98 Å². The van der Waals surface area contributed by atoms with Crippen LogP contribution in [0.5, 0.6) is 0 Å². The molecule has 3 rings (SSSR count). The van der Waals surface area contributed by atoms with Gasteiger partial charge >= 0.3 is 0 Å². The molecule has 1 aromatic carbocycles. The molecule has 0 bridgehead atoms. The molecular formula is C12H11N3OS. The maximum absolute atomic E-state index is 12.2. The smallest absolute Gasteiger partial charge is 0.277 e. The molecule has 0 spiro atoms. The predicted molar refractivity (Wildman–Crippen MR) is 68.3 cm³/mol. The molecule has 1 aliphatic heterocycles. The third-order valence-electron chi connectivity index (χ3n) is 2.96. The number of benzene rings is 1. The molecule has 1 amide bonds. The van der Waals surface area contributed by atoms with Gasteiger partial charge in [0.05, 0.1) is 5.51 Å². The van der Waals surface area contributed by atoms with Crippen LogP contribution in [0.2, 0.25) is 0 Å². The van der Waals surface area contributed by atoms with E-state index in [0.717, 1.165) is 23.4 Å². The Hall–Kier alpha value is -1.88. The van der Waals surface area contributed by atoms with Gasteiger partial charge in [0, 0.05) is 28.9 Å². The number of anilines is 2. The molecule has 0 unspecified atom stereocenters. The zero-order chi connectivity index (χ0) is 11.8. The van der Waals surface area contributed by atoms with Gasteiger partial charge in [-0.3, -0.25) is 4.79 Å². The third kappa shape index (κ3) is 1.59. The Morgan fingerprint density at radius 1 is 1.47 bits per heavy atom. The summed E-state index contributed by atoms with van der Waals surface area (Å²) in [6.07, 6.45) is 0.817. The van der Waals surface area contributed by atoms with Gasteiger partial charge in [-0.2, -0.15) is 0 Å². The third-order valence-corrected chi connectivity index (χ3v) is 3.55. The standard InChI is InChI=1S/C12H11N3OS/c13-9-2-1-3-11-8(9)4-5-15(11)12(16)10-6-17-7-14-10/h1-3,6-7H,4-5,13H2. The molecule has 0 saturated carbocycles. The van der Waals surface area contributed by atoms with Crippen molar-refractivity contribution < 1.29 is 4.79 Å². The average molecular weight is 245 g/mol. The highest BCUT2D eigenvalue weighted by molar-refractivity contribution is 7.07. The van der Waals surface area contributed by atoms with Crippen LogP contribution in [0, 0.1) is 0 Å². The number of amides is 1. The summed E-state index contributed by atoms with van der Waals surface area (Å²) in [5.74, 6) is -0.0457. The van der Waals surface area contributed by atoms with Crippen molar-refractivity contribution in [2.24, 2.45) is 0 Å². The molecule has 2 heterocycles. The van der Waals surface area contributed by atoms with Crippen LogP contribution in [0.4, 0.5) is 11.4 Å². The number of nitrogen functional groups attached to an aromatic ring is 1. The second-order valence-electron chi connectivity index (χ2n) is 3.93. The summed E-state index contributed by atoms with van der Waals surface area (Å²) in [5.41, 5.74) is 10.8. The van der Waals surface area contributed by atoms with Crippen molar-refractivity contribution in [3.63, 3.8) is 0 Å². The van der Waals surface area contributed by atoms with Gasteiger partial charge in [0.25, 0.3) is 5.91 Å². The van der Waals surface area contributed by atoms with Gasteiger partial charge in [0.2, 0.25) is 0 Å². The number of nitrogens with zero attached hydrogens (tertiary/aromatic N) is 2. The lowest BCUT2D eigenvalue weighted by Gasteiger charge is -2.16. The molecule has 5 heteroatoms. The van der Waals surface area contributed by atoms with E-state index in [1.54, 1.807) is 15.8 Å². The van der Waals surface area contributed by atoms with Crippen molar-refractivity contribution in [2.75, 3.05) is 17.2 Å². The largest absolute Gasteiger partial charge is 0.398 e. The normalized spacial score (nSPS) is 13.8. The van der Waals surface area contributed by atoms with Crippen LogP contribution in [-0.2, 0) is 6.42 Å². The van der Waals surface area contributed by atoms with E-state index in [0.29, 0.717) is 12.2 Å². The van der Waals surface area contributed by atoms with Crippen LogP contribution < -0.4 is 10.6 Å². The van der Waals surface area contributed by atoms with Crippen molar-refractivity contribution >= 4 is 28.6 Å². The predicted octanol–water partition coefficient (Wildman–Crippen LogP) is 1.93. The van der Waals surface area contributed by atoms with Crippen molar-refractivity contribution in [1.82, 2.24) is 4.98 Å². The molecule has 0 aliphatic carbocycles. The molecule has 0 radical (unpaired) electrons. The van der Waals surface area contributed by atoms with Crippen molar-refractivity contribution in [3.05, 3.63) is 40.3 Å². The fourth-order valence-electron chi connectivity index (χ4n) is 2.13. The monoisotopic (exact) mass is 245 g/mol. The van der Waals surface area contributed by atoms with Crippen LogP contribution in [0.15, 0.2) is 29.1 Å². The van der Waals surface area contributed by atoms with E-state index in [1.807, 2.05) is 18.2 Å². The number of carbonyl (C=O) groups excluding carboxylic acids is 1. The molecular weight excluding hydrogens is 234 g/mol. The molecule has 0 atom stereocenters. The van der Waals surface area contributed by atoms with E-state index in [9.17, 15) is 4.79 Å². The minimum atomic E-state index is -0.0457. The molecule has 86 valence electrons. The maximum atomic E-state index is 12.2. The molecule has 4 nitrogen and oxygen atoms in total. The number of nitrogens with two attached hydrogens (primary N) is 1. The van der Waals surface area contributed by atoms with Crippen LogP contribution >= 0.6 is 11.3 Å². The highest BCUT2D eigenvalue weighted by Crippen LogP contribution is 2.32. The summed E-state index contributed by atoms with van der Waals surface area (Å²) in [5, 5.41) is 1.77. The SMILES string of the molecule is Nc1cccc2c1CCN2C(=O)c1cscn1. The van der Waals surface area contributed by atoms with Crippen molar-refractivity contribution in [3.8, 4) is 0 Å². The molecule has 0 fully saturated rings. The minimum Gasteiger partial charge on any atom is -0.398 e. The highest BCUT2D eigenvalue weighted by Gasteiger charge is 2.27. The second kappa shape index (κ2) is 3.85. The van der Waals surface area contributed by atoms with Crippen molar-refractivity contribution in [1.29, 1.82) is 0 Å².